The summed E-state index contributed by atoms with van der Waals surface area (Å²) in [6.07, 6.45) is 0.728. The number of ketones is 1. The number of nitrogens with one attached hydrogen (secondary N) is 1. The van der Waals surface area contributed by atoms with E-state index in [4.69, 9.17) is 4.42 Å². The van der Waals surface area contributed by atoms with Crippen molar-refractivity contribution in [1.29, 1.82) is 0 Å². The van der Waals surface area contributed by atoms with Gasteiger partial charge in [-0.15, -0.1) is 10.2 Å². The molecule has 0 atom stereocenters. The first-order valence-corrected chi connectivity index (χ1v) is 10.3. The highest BCUT2D eigenvalue weighted by atomic mass is 32.2. The molecular formula is C22H23N3O3S. The minimum absolute atomic E-state index is 0.00504. The predicted molar refractivity (Wildman–Crippen MR) is 113 cm³/mol. The normalized spacial score (nSPS) is 10.7. The Bertz CT molecular complexity index is 992. The molecule has 0 aliphatic heterocycles. The number of Topliss-reactive ketones (excluding diaryl/α,β-unsaturated/α-hetero) is 1. The Hall–Kier alpha value is -2.93. The average Bonchev–Trinajstić information content (AvgIpc) is 3.15. The summed E-state index contributed by atoms with van der Waals surface area (Å²) in [5, 5.41) is 11.3. The number of benzene rings is 2. The molecule has 7 heteroatoms. The quantitative estimate of drug-likeness (QED) is 0.447. The maximum Gasteiger partial charge on any atom is 0.277 e. The summed E-state index contributed by atoms with van der Waals surface area (Å²) in [4.78, 5) is 23.3. The molecule has 2 aromatic carbocycles. The summed E-state index contributed by atoms with van der Waals surface area (Å²) in [5.74, 6) is 0.625. The summed E-state index contributed by atoms with van der Waals surface area (Å²) in [7, 11) is 0. The van der Waals surface area contributed by atoms with E-state index in [2.05, 4.69) is 21.6 Å². The lowest BCUT2D eigenvalue weighted by Gasteiger charge is -2.04. The van der Waals surface area contributed by atoms with Crippen LogP contribution < -0.4 is 5.32 Å². The number of thioether (sulfide) groups is 1. The highest BCUT2D eigenvalue weighted by Crippen LogP contribution is 2.25. The summed E-state index contributed by atoms with van der Waals surface area (Å²) < 4.78 is 5.70. The topological polar surface area (TPSA) is 85.1 Å². The van der Waals surface area contributed by atoms with E-state index in [0.717, 1.165) is 28.7 Å². The Morgan fingerprint density at radius 2 is 1.72 bits per heavy atom. The summed E-state index contributed by atoms with van der Waals surface area (Å²) >= 11 is 1.23. The van der Waals surface area contributed by atoms with E-state index in [1.807, 2.05) is 38.1 Å². The summed E-state index contributed by atoms with van der Waals surface area (Å²) in [6, 6.07) is 13.5. The van der Waals surface area contributed by atoms with Gasteiger partial charge in [-0.3, -0.25) is 9.59 Å². The number of carbonyl (C=O) groups is 2. The van der Waals surface area contributed by atoms with E-state index in [-0.39, 0.29) is 17.4 Å². The second kappa shape index (κ2) is 9.52. The third-order valence-electron chi connectivity index (χ3n) is 4.27. The molecule has 3 rings (SSSR count). The molecular weight excluding hydrogens is 386 g/mol. The van der Waals surface area contributed by atoms with E-state index < -0.39 is 0 Å². The zero-order valence-electron chi connectivity index (χ0n) is 16.7. The van der Waals surface area contributed by atoms with Crippen molar-refractivity contribution in [2.45, 2.75) is 32.4 Å². The molecule has 29 heavy (non-hydrogen) atoms. The lowest BCUT2D eigenvalue weighted by molar-refractivity contribution is -0.118. The van der Waals surface area contributed by atoms with Crippen LogP contribution in [0.2, 0.25) is 0 Å². The molecule has 0 bridgehead atoms. The molecule has 0 fully saturated rings. The summed E-state index contributed by atoms with van der Waals surface area (Å²) in [6.45, 7) is 6.12. The average molecular weight is 410 g/mol. The fraction of sp³-hybridized carbons (Fsp3) is 0.273. The van der Waals surface area contributed by atoms with Crippen molar-refractivity contribution in [2.75, 3.05) is 12.3 Å². The van der Waals surface area contributed by atoms with Crippen LogP contribution in [0, 0.1) is 13.8 Å². The van der Waals surface area contributed by atoms with E-state index >= 15 is 0 Å². The van der Waals surface area contributed by atoms with Crippen molar-refractivity contribution in [3.63, 3.8) is 0 Å². The lowest BCUT2D eigenvalue weighted by Crippen LogP contribution is -2.22. The first-order valence-electron chi connectivity index (χ1n) is 9.32. The van der Waals surface area contributed by atoms with Gasteiger partial charge in [0.25, 0.3) is 5.22 Å². The molecule has 0 radical (unpaired) electrons. The highest BCUT2D eigenvalue weighted by Gasteiger charge is 2.13. The molecule has 1 heterocycles. The van der Waals surface area contributed by atoms with Crippen molar-refractivity contribution in [3.05, 3.63) is 64.7 Å². The van der Waals surface area contributed by atoms with Crippen LogP contribution in [0.5, 0.6) is 0 Å². The molecule has 1 amide bonds. The zero-order valence-corrected chi connectivity index (χ0v) is 17.5. The third-order valence-corrected chi connectivity index (χ3v) is 5.08. The third kappa shape index (κ3) is 6.02. The molecule has 0 aliphatic carbocycles. The van der Waals surface area contributed by atoms with E-state index in [1.165, 1.54) is 18.7 Å². The van der Waals surface area contributed by atoms with E-state index in [0.29, 0.717) is 23.2 Å². The number of carbonyl (C=O) groups excluding carboxylic acids is 2. The maximum absolute atomic E-state index is 12.4. The number of hydrogen-bond donors (Lipinski definition) is 1. The largest absolute Gasteiger partial charge is 0.411 e. The van der Waals surface area contributed by atoms with E-state index in [1.54, 1.807) is 12.1 Å². The maximum atomic E-state index is 12.4. The first kappa shape index (κ1) is 20.8. The molecule has 1 aromatic heterocycles. The molecule has 1 N–H and O–H groups in total. The monoisotopic (exact) mass is 409 g/mol. The molecule has 6 nitrogen and oxygen atoms in total. The van der Waals surface area contributed by atoms with Crippen LogP contribution >= 0.6 is 11.8 Å². The standard InChI is InChI=1S/C22H23N3O3S/c1-14-10-15(2)12-19(11-14)21-24-25-22(28-21)29-13-20(27)18-6-4-17(5-7-18)8-9-23-16(3)26/h4-7,10-12H,8-9,13H2,1-3H3,(H,23,26). The Kier molecular flexibility index (Phi) is 6.82. The van der Waals surface area contributed by atoms with E-state index in [9.17, 15) is 9.59 Å². The number of aryl methyl sites for hydroxylation is 2. The number of aromatic nitrogens is 2. The molecule has 0 unspecified atom stereocenters. The molecule has 0 aliphatic rings. The molecule has 0 saturated carbocycles. The van der Waals surface area contributed by atoms with Gasteiger partial charge >= 0.3 is 0 Å². The Balaban J connectivity index is 1.55. The van der Waals surface area contributed by atoms with Gasteiger partial charge in [-0.25, -0.2) is 0 Å². The fourth-order valence-corrected chi connectivity index (χ4v) is 3.59. The lowest BCUT2D eigenvalue weighted by atomic mass is 10.1. The second-order valence-corrected chi connectivity index (χ2v) is 7.82. The predicted octanol–water partition coefficient (Wildman–Crippen LogP) is 4.01. The van der Waals surface area contributed by atoms with Crippen LogP contribution in [-0.4, -0.2) is 34.2 Å². The van der Waals surface area contributed by atoms with Gasteiger partial charge in [-0.05, 0) is 38.0 Å². The van der Waals surface area contributed by atoms with Crippen molar-refractivity contribution in [1.82, 2.24) is 15.5 Å². The minimum atomic E-state index is -0.0458. The molecule has 3 aromatic rings. The van der Waals surface area contributed by atoms with Gasteiger partial charge < -0.3 is 9.73 Å². The van der Waals surface area contributed by atoms with Gasteiger partial charge in [0.15, 0.2) is 5.78 Å². The van der Waals surface area contributed by atoms with Crippen LogP contribution in [0.4, 0.5) is 0 Å². The van der Waals surface area contributed by atoms with Crippen LogP contribution in [0.3, 0.4) is 0 Å². The zero-order chi connectivity index (χ0) is 20.8. The van der Waals surface area contributed by atoms with Gasteiger partial charge in [0.1, 0.15) is 0 Å². The Morgan fingerprint density at radius 3 is 2.38 bits per heavy atom. The summed E-state index contributed by atoms with van der Waals surface area (Å²) in [5.41, 5.74) is 4.84. The second-order valence-electron chi connectivity index (χ2n) is 6.89. The number of hydrogen-bond acceptors (Lipinski definition) is 6. The van der Waals surface area contributed by atoms with Crippen LogP contribution in [0.1, 0.15) is 34.0 Å². The van der Waals surface area contributed by atoms with Crippen molar-refractivity contribution in [3.8, 4) is 11.5 Å². The van der Waals surface area contributed by atoms with Gasteiger partial charge in [0, 0.05) is 24.6 Å². The SMILES string of the molecule is CC(=O)NCCc1ccc(C(=O)CSc2nnc(-c3cc(C)cc(C)c3)o2)cc1. The van der Waals surface area contributed by atoms with Crippen LogP contribution in [0.25, 0.3) is 11.5 Å². The van der Waals surface area contributed by atoms with Crippen LogP contribution in [-0.2, 0) is 11.2 Å². The smallest absolute Gasteiger partial charge is 0.277 e. The van der Waals surface area contributed by atoms with Crippen molar-refractivity contribution in [2.24, 2.45) is 0 Å². The fourth-order valence-electron chi connectivity index (χ4n) is 2.93. The molecule has 0 spiro atoms. The highest BCUT2D eigenvalue weighted by molar-refractivity contribution is 7.99. The van der Waals surface area contributed by atoms with Gasteiger partial charge in [0.05, 0.1) is 5.75 Å². The molecule has 0 saturated heterocycles. The number of rotatable bonds is 8. The Labute approximate surface area is 174 Å². The minimum Gasteiger partial charge on any atom is -0.411 e. The first-order chi connectivity index (χ1) is 13.9. The van der Waals surface area contributed by atoms with Crippen molar-refractivity contribution < 1.29 is 14.0 Å². The van der Waals surface area contributed by atoms with Gasteiger partial charge in [0.2, 0.25) is 11.8 Å². The number of nitrogens with zero attached hydrogens (tertiary/aromatic N) is 2. The van der Waals surface area contributed by atoms with Gasteiger partial charge in [-0.1, -0.05) is 53.2 Å². The Morgan fingerprint density at radius 1 is 1.03 bits per heavy atom. The van der Waals surface area contributed by atoms with Gasteiger partial charge in [-0.2, -0.15) is 0 Å². The van der Waals surface area contributed by atoms with Crippen molar-refractivity contribution >= 4 is 23.5 Å². The number of amides is 1. The van der Waals surface area contributed by atoms with Crippen LogP contribution in [0.15, 0.2) is 52.1 Å². The molecule has 150 valence electrons.